The summed E-state index contributed by atoms with van der Waals surface area (Å²) in [6.45, 7) is 3.51. The van der Waals surface area contributed by atoms with Crippen molar-refractivity contribution >= 4 is 5.91 Å². The Balaban J connectivity index is 1.80. The third-order valence-electron chi connectivity index (χ3n) is 5.82. The molecule has 0 unspecified atom stereocenters. The smallest absolute Gasteiger partial charge is 0.273 e. The van der Waals surface area contributed by atoms with Gasteiger partial charge in [0.15, 0.2) is 11.5 Å². The van der Waals surface area contributed by atoms with Crippen molar-refractivity contribution in [3.8, 4) is 28.5 Å². The van der Waals surface area contributed by atoms with Crippen LogP contribution in [0.25, 0.3) is 11.3 Å². The molecule has 0 aliphatic carbocycles. The van der Waals surface area contributed by atoms with E-state index in [0.717, 1.165) is 24.0 Å². The molecule has 0 radical (unpaired) electrons. The number of rotatable bonds is 10. The van der Waals surface area contributed by atoms with Gasteiger partial charge in [0.25, 0.3) is 5.91 Å². The average Bonchev–Trinajstić information content (AvgIpc) is 3.37. The highest BCUT2D eigenvalue weighted by Crippen LogP contribution is 2.45. The highest BCUT2D eigenvalue weighted by atomic mass is 16.5. The van der Waals surface area contributed by atoms with Crippen LogP contribution in [-0.4, -0.2) is 60.1 Å². The van der Waals surface area contributed by atoms with Gasteiger partial charge >= 0.3 is 0 Å². The van der Waals surface area contributed by atoms with Gasteiger partial charge in [-0.1, -0.05) is 31.5 Å². The molecule has 174 valence electrons. The number of carbonyl (C=O) groups is 1. The molecule has 0 fully saturated rings. The second-order valence-corrected chi connectivity index (χ2v) is 7.88. The number of aromatic hydroxyl groups is 1. The number of aromatic amines is 1. The SMILES string of the molecule is CCCCOc1ccc([C@H]2c3c(-c4ccccc4O)n[nH]c3C(=O)N2CCOC)cc1OC. The number of phenols is 1. The summed E-state index contributed by atoms with van der Waals surface area (Å²) < 4.78 is 16.8. The lowest BCUT2D eigenvalue weighted by molar-refractivity contribution is 0.0677. The lowest BCUT2D eigenvalue weighted by atomic mass is 9.95. The van der Waals surface area contributed by atoms with Crippen molar-refractivity contribution in [2.75, 3.05) is 34.0 Å². The lowest BCUT2D eigenvalue weighted by Gasteiger charge is -2.26. The van der Waals surface area contributed by atoms with Gasteiger partial charge < -0.3 is 24.2 Å². The van der Waals surface area contributed by atoms with Crippen LogP contribution in [0.4, 0.5) is 0 Å². The van der Waals surface area contributed by atoms with E-state index in [2.05, 4.69) is 17.1 Å². The summed E-state index contributed by atoms with van der Waals surface area (Å²) in [4.78, 5) is 15.0. The molecule has 8 nitrogen and oxygen atoms in total. The van der Waals surface area contributed by atoms with Gasteiger partial charge in [-0.3, -0.25) is 9.89 Å². The Bertz CT molecular complexity index is 1130. The number of nitrogens with one attached hydrogen (secondary N) is 1. The monoisotopic (exact) mass is 451 g/mol. The first-order chi connectivity index (χ1) is 16.1. The molecule has 0 saturated heterocycles. The van der Waals surface area contributed by atoms with Crippen LogP contribution < -0.4 is 9.47 Å². The van der Waals surface area contributed by atoms with Crippen LogP contribution in [0.5, 0.6) is 17.2 Å². The maximum absolute atomic E-state index is 13.3. The van der Waals surface area contributed by atoms with Gasteiger partial charge in [-0.05, 0) is 36.2 Å². The zero-order chi connectivity index (χ0) is 23.4. The maximum Gasteiger partial charge on any atom is 0.273 e. The molecule has 1 atom stereocenters. The van der Waals surface area contributed by atoms with Crippen LogP contribution in [0.1, 0.15) is 47.4 Å². The summed E-state index contributed by atoms with van der Waals surface area (Å²) in [5.74, 6) is 1.20. The molecule has 2 aromatic carbocycles. The molecule has 1 aromatic heterocycles. The van der Waals surface area contributed by atoms with E-state index >= 15 is 0 Å². The average molecular weight is 452 g/mol. The molecule has 33 heavy (non-hydrogen) atoms. The zero-order valence-corrected chi connectivity index (χ0v) is 19.1. The summed E-state index contributed by atoms with van der Waals surface area (Å²) in [6, 6.07) is 12.3. The molecule has 0 saturated carbocycles. The van der Waals surface area contributed by atoms with Gasteiger partial charge in [-0.2, -0.15) is 5.10 Å². The highest BCUT2D eigenvalue weighted by Gasteiger charge is 2.42. The Morgan fingerprint density at radius 3 is 2.67 bits per heavy atom. The largest absolute Gasteiger partial charge is 0.507 e. The molecule has 0 bridgehead atoms. The van der Waals surface area contributed by atoms with Crippen LogP contribution >= 0.6 is 0 Å². The topological polar surface area (TPSA) is 96.9 Å². The number of carbonyl (C=O) groups excluding carboxylic acids is 1. The minimum atomic E-state index is -0.422. The van der Waals surface area contributed by atoms with Crippen LogP contribution in [-0.2, 0) is 4.74 Å². The number of hydrogen-bond acceptors (Lipinski definition) is 6. The van der Waals surface area contributed by atoms with E-state index in [1.165, 1.54) is 0 Å². The molecule has 2 heterocycles. The van der Waals surface area contributed by atoms with Crippen LogP contribution in [0.2, 0.25) is 0 Å². The van der Waals surface area contributed by atoms with Gasteiger partial charge in [0.05, 0.1) is 26.4 Å². The fourth-order valence-corrected chi connectivity index (χ4v) is 4.14. The number of ether oxygens (including phenoxy) is 3. The van der Waals surface area contributed by atoms with Crippen LogP contribution in [0.15, 0.2) is 42.5 Å². The molecular weight excluding hydrogens is 422 g/mol. The fourth-order valence-electron chi connectivity index (χ4n) is 4.14. The summed E-state index contributed by atoms with van der Waals surface area (Å²) >= 11 is 0. The van der Waals surface area contributed by atoms with Crippen molar-refractivity contribution in [3.05, 3.63) is 59.3 Å². The number of unbranched alkanes of at least 4 members (excludes halogenated alkanes) is 1. The Morgan fingerprint density at radius 2 is 1.94 bits per heavy atom. The molecule has 8 heteroatoms. The van der Waals surface area contributed by atoms with Gasteiger partial charge in [0.1, 0.15) is 17.1 Å². The number of methoxy groups -OCH3 is 2. The van der Waals surface area contributed by atoms with Crippen LogP contribution in [0.3, 0.4) is 0 Å². The van der Waals surface area contributed by atoms with Crippen molar-refractivity contribution < 1.29 is 24.1 Å². The first-order valence-corrected chi connectivity index (χ1v) is 11.1. The predicted octanol–water partition coefficient (Wildman–Crippen LogP) is 4.16. The van der Waals surface area contributed by atoms with Gasteiger partial charge in [-0.25, -0.2) is 0 Å². The summed E-state index contributed by atoms with van der Waals surface area (Å²) in [5.41, 5.74) is 3.10. The molecule has 1 amide bonds. The number of benzene rings is 2. The number of amides is 1. The Morgan fingerprint density at radius 1 is 1.12 bits per heavy atom. The molecule has 3 aromatic rings. The summed E-state index contributed by atoms with van der Waals surface area (Å²) in [6.07, 6.45) is 1.99. The quantitative estimate of drug-likeness (QED) is 0.449. The van der Waals surface area contributed by atoms with Crippen molar-refractivity contribution in [1.82, 2.24) is 15.1 Å². The number of hydrogen-bond donors (Lipinski definition) is 2. The van der Waals surface area contributed by atoms with Gasteiger partial charge in [0, 0.05) is 24.8 Å². The highest BCUT2D eigenvalue weighted by molar-refractivity contribution is 6.00. The third-order valence-corrected chi connectivity index (χ3v) is 5.82. The van der Waals surface area contributed by atoms with E-state index in [4.69, 9.17) is 14.2 Å². The number of fused-ring (bicyclic) bond motifs is 1. The van der Waals surface area contributed by atoms with E-state index in [1.807, 2.05) is 24.3 Å². The van der Waals surface area contributed by atoms with E-state index < -0.39 is 6.04 Å². The van der Waals surface area contributed by atoms with Crippen molar-refractivity contribution in [1.29, 1.82) is 0 Å². The maximum atomic E-state index is 13.3. The molecule has 1 aliphatic rings. The molecular formula is C25H29N3O5. The fraction of sp³-hybridized carbons (Fsp3) is 0.360. The third kappa shape index (κ3) is 4.26. The van der Waals surface area contributed by atoms with Crippen molar-refractivity contribution in [3.63, 3.8) is 0 Å². The first kappa shape index (κ1) is 22.7. The predicted molar refractivity (Wildman–Crippen MR) is 124 cm³/mol. The lowest BCUT2D eigenvalue weighted by Crippen LogP contribution is -2.32. The standard InChI is InChI=1S/C25H29N3O5/c1-4-5-13-33-19-11-10-16(15-20(19)32-3)24-21-22(17-8-6-7-9-18(17)29)26-27-23(21)25(30)28(24)12-14-31-2/h6-11,15,24,29H,4-5,12-14H2,1-3H3,(H,26,27)/t24-/m0/s1. The molecule has 0 spiro atoms. The molecule has 4 rings (SSSR count). The molecule has 2 N–H and O–H groups in total. The summed E-state index contributed by atoms with van der Waals surface area (Å²) in [7, 11) is 3.21. The second-order valence-electron chi connectivity index (χ2n) is 7.88. The van der Waals surface area contributed by atoms with Crippen molar-refractivity contribution in [2.24, 2.45) is 0 Å². The number of nitrogens with zero attached hydrogens (tertiary/aromatic N) is 2. The van der Waals surface area contributed by atoms with Crippen LogP contribution in [0, 0.1) is 0 Å². The van der Waals surface area contributed by atoms with E-state index in [-0.39, 0.29) is 11.7 Å². The number of phenolic OH excluding ortho intramolecular Hbond substituents is 1. The second kappa shape index (κ2) is 9.95. The van der Waals surface area contributed by atoms with Crippen molar-refractivity contribution in [2.45, 2.75) is 25.8 Å². The van der Waals surface area contributed by atoms with E-state index in [9.17, 15) is 9.90 Å². The zero-order valence-electron chi connectivity index (χ0n) is 19.1. The Labute approximate surface area is 193 Å². The Hall–Kier alpha value is -3.52. The minimum absolute atomic E-state index is 0.102. The first-order valence-electron chi connectivity index (χ1n) is 11.1. The number of para-hydroxylation sites is 1. The summed E-state index contributed by atoms with van der Waals surface area (Å²) in [5, 5.41) is 17.7. The minimum Gasteiger partial charge on any atom is -0.507 e. The Kier molecular flexibility index (Phi) is 6.84. The van der Waals surface area contributed by atoms with E-state index in [1.54, 1.807) is 37.3 Å². The van der Waals surface area contributed by atoms with Gasteiger partial charge in [0.2, 0.25) is 0 Å². The molecule has 1 aliphatic heterocycles. The van der Waals surface area contributed by atoms with Gasteiger partial charge in [-0.15, -0.1) is 0 Å². The number of aromatic nitrogens is 2. The van der Waals surface area contributed by atoms with E-state index in [0.29, 0.717) is 48.2 Å². The number of H-pyrrole nitrogens is 1. The normalized spacial score (nSPS) is 15.1.